The quantitative estimate of drug-likeness (QED) is 0.162. The van der Waals surface area contributed by atoms with Gasteiger partial charge in [-0.1, -0.05) is 30.3 Å². The fourth-order valence-corrected chi connectivity index (χ4v) is 9.16. The molecule has 6 heterocycles. The molecule has 9 rings (SSSR count). The van der Waals surface area contributed by atoms with E-state index in [1.54, 1.807) is 6.33 Å². The molecule has 6 aromatic rings. The summed E-state index contributed by atoms with van der Waals surface area (Å²) in [6.45, 7) is 10.2. The van der Waals surface area contributed by atoms with Crippen LogP contribution in [0.2, 0.25) is 0 Å². The molecule has 3 N–H and O–H groups in total. The Kier molecular flexibility index (Phi) is 11.2. The molecule has 0 bridgehead atoms. The Morgan fingerprint density at radius 3 is 2.05 bits per heavy atom. The van der Waals surface area contributed by atoms with E-state index < -0.39 is 5.69 Å². The Labute approximate surface area is 338 Å². The van der Waals surface area contributed by atoms with Gasteiger partial charge in [0.1, 0.15) is 29.3 Å². The van der Waals surface area contributed by atoms with Crippen LogP contribution in [0.3, 0.4) is 0 Å². The predicted octanol–water partition coefficient (Wildman–Crippen LogP) is 5.94. The van der Waals surface area contributed by atoms with Crippen LogP contribution in [0.5, 0.6) is 11.5 Å². The number of nitrogens with zero attached hydrogens (tertiary/aromatic N) is 8. The monoisotopic (exact) mass is 780 g/mol. The van der Waals surface area contributed by atoms with Gasteiger partial charge in [0.25, 0.3) is 5.56 Å². The molecule has 0 radical (unpaired) electrons. The van der Waals surface area contributed by atoms with Crippen LogP contribution in [0.4, 0.5) is 5.82 Å². The van der Waals surface area contributed by atoms with Crippen molar-refractivity contribution >= 4 is 16.9 Å². The van der Waals surface area contributed by atoms with Crippen molar-refractivity contribution in [2.45, 2.75) is 50.5 Å². The number of aromatic nitrogens is 6. The number of piperidine rings is 3. The number of benzene rings is 3. The Morgan fingerprint density at radius 2 is 1.36 bits per heavy atom. The molecule has 58 heavy (non-hydrogen) atoms. The highest BCUT2D eigenvalue weighted by Crippen LogP contribution is 2.35. The van der Waals surface area contributed by atoms with E-state index in [1.807, 2.05) is 66.7 Å². The highest BCUT2D eigenvalue weighted by molar-refractivity contribution is 5.98. The molecule has 0 unspecified atom stereocenters. The van der Waals surface area contributed by atoms with Crippen molar-refractivity contribution in [1.82, 2.24) is 44.0 Å². The summed E-state index contributed by atoms with van der Waals surface area (Å²) in [5.41, 5.74) is 10.3. The average molecular weight is 781 g/mol. The van der Waals surface area contributed by atoms with Crippen LogP contribution in [0.1, 0.15) is 56.0 Å². The second-order valence-electron chi connectivity index (χ2n) is 16.2. The maximum atomic E-state index is 12.2. The van der Waals surface area contributed by atoms with Crippen molar-refractivity contribution in [3.05, 3.63) is 124 Å². The molecule has 3 aliphatic heterocycles. The topological polar surface area (TPSA) is 143 Å². The molecule has 3 aromatic carbocycles. The Balaban J connectivity index is 0.716. The summed E-state index contributed by atoms with van der Waals surface area (Å²) in [5, 5.41) is 5.94. The molecular weight excluding hydrogens is 729 g/mol. The zero-order chi connectivity index (χ0) is 39.4. The van der Waals surface area contributed by atoms with Gasteiger partial charge < -0.3 is 25.2 Å². The third-order valence-electron chi connectivity index (χ3n) is 12.5. The minimum absolute atomic E-state index is 0.254. The lowest BCUT2D eigenvalue weighted by Gasteiger charge is -2.39. The third kappa shape index (κ3) is 8.47. The van der Waals surface area contributed by atoms with Gasteiger partial charge in [0.05, 0.1) is 17.1 Å². The maximum Gasteiger partial charge on any atom is 0.332 e. The van der Waals surface area contributed by atoms with Crippen LogP contribution >= 0.6 is 0 Å². The van der Waals surface area contributed by atoms with Gasteiger partial charge in [-0.15, -0.1) is 0 Å². The number of likely N-dealkylation sites (tertiary alicyclic amines) is 3. The standard InChI is InChI=1S/C45H52N10O3/c46-43-41-42(35-8-12-39(13-9-35)58-38-4-2-1-3-5-38)50-55(44(41)48-31-47-43)37-18-25-52(26-19-37)29-28-51-21-14-32(15-22-51)30-53-23-16-34(17-24-53)33-6-10-36(11-7-33)54-27-20-40(56)49-45(54)57/h1-13,20,27,31-32,34,37H,14-19,21-26,28-30H2,(H2,46,47,48)(H,49,56,57). The summed E-state index contributed by atoms with van der Waals surface area (Å²) in [4.78, 5) is 42.9. The molecule has 3 fully saturated rings. The van der Waals surface area contributed by atoms with Crippen molar-refractivity contribution in [2.75, 3.05) is 64.6 Å². The van der Waals surface area contributed by atoms with Crippen molar-refractivity contribution < 1.29 is 4.74 Å². The summed E-state index contributed by atoms with van der Waals surface area (Å²) in [6.07, 6.45) is 9.98. The average Bonchev–Trinajstić information content (AvgIpc) is 3.66. The second kappa shape index (κ2) is 17.1. The van der Waals surface area contributed by atoms with Gasteiger partial charge in [-0.05, 0) is 131 Å². The summed E-state index contributed by atoms with van der Waals surface area (Å²) in [6, 6.07) is 27.6. The number of H-pyrrole nitrogens is 1. The van der Waals surface area contributed by atoms with Crippen LogP contribution < -0.4 is 21.7 Å². The summed E-state index contributed by atoms with van der Waals surface area (Å²) < 4.78 is 9.59. The van der Waals surface area contributed by atoms with E-state index in [-0.39, 0.29) is 11.6 Å². The number of nitrogen functional groups attached to an aromatic ring is 1. The smallest absolute Gasteiger partial charge is 0.332 e. The van der Waals surface area contributed by atoms with E-state index in [0.717, 1.165) is 110 Å². The number of hydrogen-bond donors (Lipinski definition) is 2. The molecule has 0 amide bonds. The van der Waals surface area contributed by atoms with Gasteiger partial charge in [0.2, 0.25) is 0 Å². The van der Waals surface area contributed by atoms with Gasteiger partial charge in [-0.2, -0.15) is 5.10 Å². The lowest BCUT2D eigenvalue weighted by molar-refractivity contribution is 0.109. The van der Waals surface area contributed by atoms with Crippen molar-refractivity contribution in [3.8, 4) is 28.4 Å². The number of anilines is 1. The highest BCUT2D eigenvalue weighted by Gasteiger charge is 2.28. The molecule has 0 aliphatic carbocycles. The largest absolute Gasteiger partial charge is 0.457 e. The molecule has 13 heteroatoms. The number of nitrogens with one attached hydrogen (secondary N) is 1. The summed E-state index contributed by atoms with van der Waals surface area (Å²) >= 11 is 0. The van der Waals surface area contributed by atoms with Crippen LogP contribution in [-0.4, -0.2) is 103 Å². The highest BCUT2D eigenvalue weighted by atomic mass is 16.5. The first-order valence-electron chi connectivity index (χ1n) is 20.8. The molecule has 0 saturated carbocycles. The number of aromatic amines is 1. The second-order valence-corrected chi connectivity index (χ2v) is 16.2. The van der Waals surface area contributed by atoms with E-state index in [4.69, 9.17) is 15.6 Å². The summed E-state index contributed by atoms with van der Waals surface area (Å²) in [7, 11) is 0. The van der Waals surface area contributed by atoms with Crippen LogP contribution in [-0.2, 0) is 0 Å². The van der Waals surface area contributed by atoms with E-state index in [9.17, 15) is 9.59 Å². The molecule has 0 atom stereocenters. The number of fused-ring (bicyclic) bond motifs is 1. The van der Waals surface area contributed by atoms with Crippen molar-refractivity contribution in [2.24, 2.45) is 5.92 Å². The van der Waals surface area contributed by atoms with Gasteiger partial charge in [0.15, 0.2) is 5.65 Å². The molecule has 13 nitrogen and oxygen atoms in total. The molecule has 3 aromatic heterocycles. The minimum atomic E-state index is -0.414. The molecule has 300 valence electrons. The Morgan fingerprint density at radius 1 is 0.707 bits per heavy atom. The number of hydrogen-bond acceptors (Lipinski definition) is 10. The zero-order valence-electron chi connectivity index (χ0n) is 33.0. The van der Waals surface area contributed by atoms with Gasteiger partial charge in [-0.25, -0.2) is 19.4 Å². The molecule has 0 spiro atoms. The van der Waals surface area contributed by atoms with Gasteiger partial charge >= 0.3 is 5.69 Å². The number of ether oxygens (including phenoxy) is 1. The van der Waals surface area contributed by atoms with Crippen LogP contribution in [0, 0.1) is 5.92 Å². The molecular formula is C45H52N10O3. The Bertz CT molecular complexity index is 2400. The van der Waals surface area contributed by atoms with Crippen LogP contribution in [0.15, 0.2) is 107 Å². The van der Waals surface area contributed by atoms with Crippen molar-refractivity contribution in [1.29, 1.82) is 0 Å². The third-order valence-corrected chi connectivity index (χ3v) is 12.5. The minimum Gasteiger partial charge on any atom is -0.457 e. The number of nitrogens with two attached hydrogens (primary N) is 1. The predicted molar refractivity (Wildman–Crippen MR) is 227 cm³/mol. The number of rotatable bonds is 11. The fourth-order valence-electron chi connectivity index (χ4n) is 9.16. The van der Waals surface area contributed by atoms with Gasteiger partial charge in [-0.3, -0.25) is 14.3 Å². The zero-order valence-corrected chi connectivity index (χ0v) is 33.0. The van der Waals surface area contributed by atoms with E-state index >= 15 is 0 Å². The first-order valence-corrected chi connectivity index (χ1v) is 20.8. The SMILES string of the molecule is Nc1ncnc2c1c(-c1ccc(Oc3ccccc3)cc1)nn2C1CCN(CCN2CCC(CN3CCC(c4ccc(-n5ccc(=O)[nH]c5=O)cc4)CC3)CC2)CC1. The lowest BCUT2D eigenvalue weighted by atomic mass is 9.88. The maximum absolute atomic E-state index is 12.2. The summed E-state index contributed by atoms with van der Waals surface area (Å²) in [5.74, 6) is 3.32. The van der Waals surface area contributed by atoms with Crippen LogP contribution in [0.25, 0.3) is 28.0 Å². The van der Waals surface area contributed by atoms with E-state index in [2.05, 4.69) is 46.5 Å². The first kappa shape index (κ1) is 37.9. The molecule has 3 saturated heterocycles. The normalized spacial score (nSPS) is 18.2. The Hall–Kier alpha value is -5.63. The molecule has 3 aliphatic rings. The van der Waals surface area contributed by atoms with Crippen molar-refractivity contribution in [3.63, 3.8) is 0 Å². The lowest BCUT2D eigenvalue weighted by Crippen LogP contribution is -2.44. The van der Waals surface area contributed by atoms with E-state index in [0.29, 0.717) is 11.7 Å². The van der Waals surface area contributed by atoms with E-state index in [1.165, 1.54) is 54.9 Å². The first-order chi connectivity index (χ1) is 28.4. The fraction of sp³-hybridized carbons (Fsp3) is 0.400. The number of para-hydroxylation sites is 1. The van der Waals surface area contributed by atoms with Gasteiger partial charge in [0, 0.05) is 50.6 Å².